The smallest absolute Gasteiger partial charge is 0.277 e. The highest BCUT2D eigenvalue weighted by molar-refractivity contribution is 5.99. The predicted molar refractivity (Wildman–Crippen MR) is 104 cm³/mol. The van der Waals surface area contributed by atoms with E-state index in [2.05, 4.69) is 5.32 Å². The molecule has 0 unspecified atom stereocenters. The van der Waals surface area contributed by atoms with Gasteiger partial charge in [-0.05, 0) is 12.8 Å². The molecule has 1 aromatic heterocycles. The summed E-state index contributed by atoms with van der Waals surface area (Å²) in [5, 5.41) is 24.1. The van der Waals surface area contributed by atoms with Crippen LogP contribution in [0.15, 0.2) is 23.1 Å². The molecule has 1 aromatic carbocycles. The molecule has 2 aromatic rings. The van der Waals surface area contributed by atoms with Gasteiger partial charge in [-0.1, -0.05) is 0 Å². The van der Waals surface area contributed by atoms with Crippen LogP contribution in [0.25, 0.3) is 0 Å². The summed E-state index contributed by atoms with van der Waals surface area (Å²) in [5.41, 5.74) is -2.60. The van der Waals surface area contributed by atoms with Crippen LogP contribution in [0.3, 0.4) is 0 Å². The van der Waals surface area contributed by atoms with Crippen molar-refractivity contribution in [3.05, 3.63) is 62.8 Å². The van der Waals surface area contributed by atoms with E-state index in [4.69, 9.17) is 0 Å². The number of carbonyl (C=O) groups is 2. The monoisotopic (exact) mass is 452 g/mol. The Kier molecular flexibility index (Phi) is 5.55. The van der Waals surface area contributed by atoms with Crippen molar-refractivity contribution in [1.29, 1.82) is 0 Å². The topological polar surface area (TPSA) is 115 Å². The summed E-state index contributed by atoms with van der Waals surface area (Å²) >= 11 is 0. The third kappa shape index (κ3) is 3.77. The van der Waals surface area contributed by atoms with Gasteiger partial charge in [-0.15, -0.1) is 0 Å². The average molecular weight is 452 g/mol. The molecule has 1 atom stereocenters. The number of hydrogen-bond acceptors (Lipinski definition) is 6. The molecule has 0 saturated carbocycles. The zero-order valence-corrected chi connectivity index (χ0v) is 16.6. The molecule has 2 bridgehead atoms. The Morgan fingerprint density at radius 3 is 2.47 bits per heavy atom. The summed E-state index contributed by atoms with van der Waals surface area (Å²) in [7, 11) is 0. The van der Waals surface area contributed by atoms with Crippen molar-refractivity contribution in [2.75, 3.05) is 24.8 Å². The third-order valence-corrected chi connectivity index (χ3v) is 5.52. The SMILES string of the molecule is O=C(NCc1c(F)cc(F)cc1F)c1cn2c(c(O)c1=O)C(=O)N1CC[C@@H](O)CCN2C1. The molecular weight excluding hydrogens is 433 g/mol. The van der Waals surface area contributed by atoms with Crippen molar-refractivity contribution in [3.63, 3.8) is 0 Å². The number of nitrogens with zero attached hydrogens (tertiary/aromatic N) is 3. The maximum atomic E-state index is 13.8. The van der Waals surface area contributed by atoms with Gasteiger partial charge in [0.05, 0.1) is 6.10 Å². The fourth-order valence-corrected chi connectivity index (χ4v) is 3.76. The quantitative estimate of drug-likeness (QED) is 0.622. The van der Waals surface area contributed by atoms with E-state index in [9.17, 15) is 37.8 Å². The minimum absolute atomic E-state index is 0.119. The highest BCUT2D eigenvalue weighted by Crippen LogP contribution is 2.23. The molecule has 2 amide bonds. The number of fused-ring (bicyclic) bond motifs is 4. The number of halogens is 3. The van der Waals surface area contributed by atoms with Gasteiger partial charge in [0.25, 0.3) is 11.8 Å². The van der Waals surface area contributed by atoms with Crippen LogP contribution in [0.4, 0.5) is 13.2 Å². The first-order chi connectivity index (χ1) is 15.2. The van der Waals surface area contributed by atoms with Gasteiger partial charge in [-0.2, -0.15) is 0 Å². The Balaban J connectivity index is 1.66. The van der Waals surface area contributed by atoms with Crippen LogP contribution in [0.1, 0.15) is 39.3 Å². The number of pyridine rings is 1. The molecule has 1 saturated heterocycles. The second-order valence-electron chi connectivity index (χ2n) is 7.62. The van der Waals surface area contributed by atoms with Crippen LogP contribution in [-0.4, -0.2) is 57.5 Å². The fraction of sp³-hybridized carbons (Fsp3) is 0.350. The minimum atomic E-state index is -1.21. The maximum Gasteiger partial charge on any atom is 0.277 e. The molecule has 3 heterocycles. The standard InChI is InChI=1S/C20H19F3N4O5/c21-10-5-14(22)12(15(23)6-10)7-24-19(31)13-8-27-16(18(30)17(13)29)20(32)25-3-1-11(28)2-4-26(27)9-25/h5-6,8,11,28,30H,1-4,7,9H2,(H,24,31)/t11-/m1/s1. The average Bonchev–Trinajstić information content (AvgIpc) is 2.72. The number of aromatic nitrogens is 1. The van der Waals surface area contributed by atoms with Gasteiger partial charge in [-0.3, -0.25) is 24.1 Å². The summed E-state index contributed by atoms with van der Waals surface area (Å²) < 4.78 is 41.9. The maximum absolute atomic E-state index is 13.8. The van der Waals surface area contributed by atoms with Gasteiger partial charge in [0.1, 0.15) is 29.7 Å². The molecule has 32 heavy (non-hydrogen) atoms. The summed E-state index contributed by atoms with van der Waals surface area (Å²) in [6.45, 7) is -0.0657. The lowest BCUT2D eigenvalue weighted by Gasteiger charge is -2.42. The third-order valence-electron chi connectivity index (χ3n) is 5.52. The van der Waals surface area contributed by atoms with Crippen molar-refractivity contribution in [1.82, 2.24) is 14.9 Å². The van der Waals surface area contributed by atoms with E-state index in [1.54, 1.807) is 5.01 Å². The summed E-state index contributed by atoms with van der Waals surface area (Å²) in [5.74, 6) is -6.16. The van der Waals surface area contributed by atoms with E-state index in [1.807, 2.05) is 0 Å². The number of amides is 2. The Bertz CT molecular complexity index is 1150. The van der Waals surface area contributed by atoms with E-state index in [1.165, 1.54) is 9.58 Å². The molecule has 2 aliphatic heterocycles. The molecule has 3 N–H and O–H groups in total. The number of aliphatic hydroxyl groups is 1. The molecular formula is C20H19F3N4O5. The highest BCUT2D eigenvalue weighted by atomic mass is 19.1. The Morgan fingerprint density at radius 1 is 1.12 bits per heavy atom. The lowest BCUT2D eigenvalue weighted by atomic mass is 10.1. The molecule has 0 spiro atoms. The van der Waals surface area contributed by atoms with Gasteiger partial charge in [0.2, 0.25) is 5.43 Å². The summed E-state index contributed by atoms with van der Waals surface area (Å²) in [6, 6.07) is 0.912. The van der Waals surface area contributed by atoms with E-state index in [-0.39, 0.29) is 25.5 Å². The first-order valence-corrected chi connectivity index (χ1v) is 9.80. The largest absolute Gasteiger partial charge is 0.502 e. The fourth-order valence-electron chi connectivity index (χ4n) is 3.76. The molecule has 170 valence electrons. The predicted octanol–water partition coefficient (Wildman–Crippen LogP) is 0.407. The molecule has 1 fully saturated rings. The lowest BCUT2D eigenvalue weighted by Crippen LogP contribution is -2.56. The van der Waals surface area contributed by atoms with Crippen molar-refractivity contribution in [3.8, 4) is 5.75 Å². The second kappa shape index (κ2) is 8.19. The molecule has 0 aliphatic carbocycles. The molecule has 0 radical (unpaired) electrons. The molecule has 12 heteroatoms. The summed E-state index contributed by atoms with van der Waals surface area (Å²) in [6.07, 6.45) is 1.12. The number of nitrogens with one attached hydrogen (secondary N) is 1. The van der Waals surface area contributed by atoms with Crippen LogP contribution in [0.2, 0.25) is 0 Å². The number of rotatable bonds is 3. The lowest BCUT2D eigenvalue weighted by molar-refractivity contribution is 0.0590. The first kappa shape index (κ1) is 21.7. The normalized spacial score (nSPS) is 18.1. The Morgan fingerprint density at radius 2 is 1.78 bits per heavy atom. The number of hydrogen-bond donors (Lipinski definition) is 3. The zero-order valence-electron chi connectivity index (χ0n) is 16.6. The van der Waals surface area contributed by atoms with Crippen molar-refractivity contribution >= 4 is 11.8 Å². The van der Waals surface area contributed by atoms with Gasteiger partial charge in [0, 0.05) is 43.5 Å². The Labute approximate surface area is 179 Å². The number of aliphatic hydroxyl groups excluding tert-OH is 1. The van der Waals surface area contributed by atoms with Gasteiger partial charge < -0.3 is 20.4 Å². The van der Waals surface area contributed by atoms with E-state index in [0.717, 1.165) is 6.20 Å². The van der Waals surface area contributed by atoms with E-state index in [0.29, 0.717) is 25.0 Å². The zero-order chi connectivity index (χ0) is 23.2. The molecule has 9 nitrogen and oxygen atoms in total. The highest BCUT2D eigenvalue weighted by Gasteiger charge is 2.35. The number of carbonyl (C=O) groups excluding carboxylic acids is 2. The van der Waals surface area contributed by atoms with Crippen LogP contribution >= 0.6 is 0 Å². The number of aromatic hydroxyl groups is 1. The number of benzene rings is 1. The van der Waals surface area contributed by atoms with Crippen molar-refractivity contribution in [2.45, 2.75) is 25.5 Å². The van der Waals surface area contributed by atoms with Gasteiger partial charge in [-0.25, -0.2) is 13.2 Å². The molecule has 2 aliphatic rings. The second-order valence-corrected chi connectivity index (χ2v) is 7.62. The van der Waals surface area contributed by atoms with Crippen molar-refractivity contribution in [2.24, 2.45) is 0 Å². The molecule has 4 rings (SSSR count). The first-order valence-electron chi connectivity index (χ1n) is 9.80. The van der Waals surface area contributed by atoms with Crippen LogP contribution < -0.4 is 15.8 Å². The van der Waals surface area contributed by atoms with Gasteiger partial charge in [0.15, 0.2) is 11.4 Å². The Hall–Kier alpha value is -3.54. The van der Waals surface area contributed by atoms with Crippen LogP contribution in [-0.2, 0) is 6.54 Å². The van der Waals surface area contributed by atoms with E-state index >= 15 is 0 Å². The summed E-state index contributed by atoms with van der Waals surface area (Å²) in [4.78, 5) is 39.3. The minimum Gasteiger partial charge on any atom is -0.502 e. The van der Waals surface area contributed by atoms with Crippen molar-refractivity contribution < 1.29 is 33.0 Å². The van der Waals surface area contributed by atoms with Gasteiger partial charge >= 0.3 is 0 Å². The van der Waals surface area contributed by atoms with Crippen LogP contribution in [0, 0.1) is 17.5 Å². The van der Waals surface area contributed by atoms with E-state index < -0.39 is 64.2 Å². The van der Waals surface area contributed by atoms with Crippen LogP contribution in [0.5, 0.6) is 5.75 Å².